The molecule has 1 aromatic carbocycles. The van der Waals surface area contributed by atoms with Crippen LogP contribution in [0.5, 0.6) is 11.5 Å². The SMILES string of the molecule is Cn1cc(-c2cc(-c3ccc(F)nc3)ncc2Oc2cc(F)c(S(=O)(=O)Nc3cscn3)cc2Cl)cn1.O=C(O)C(F)(F)F. The van der Waals surface area contributed by atoms with Crippen molar-refractivity contribution in [2.75, 3.05) is 4.72 Å². The predicted octanol–water partition coefficient (Wildman–Crippen LogP) is 6.16. The second-order valence-corrected chi connectivity index (χ2v) is 11.2. The summed E-state index contributed by atoms with van der Waals surface area (Å²) in [6, 6.07) is 6.26. The van der Waals surface area contributed by atoms with Gasteiger partial charge in [0.05, 0.1) is 28.6 Å². The molecule has 44 heavy (non-hydrogen) atoms. The van der Waals surface area contributed by atoms with Crippen LogP contribution < -0.4 is 9.46 Å². The largest absolute Gasteiger partial charge is 0.490 e. The summed E-state index contributed by atoms with van der Waals surface area (Å²) >= 11 is 7.48. The van der Waals surface area contributed by atoms with E-state index in [2.05, 4.69) is 24.8 Å². The fraction of sp³-hybridized carbons (Fsp3) is 0.0800. The van der Waals surface area contributed by atoms with Gasteiger partial charge in [0.25, 0.3) is 10.0 Å². The van der Waals surface area contributed by atoms with Crippen molar-refractivity contribution >= 4 is 44.7 Å². The van der Waals surface area contributed by atoms with Crippen molar-refractivity contribution in [2.24, 2.45) is 7.05 Å². The number of halogens is 6. The second kappa shape index (κ2) is 12.9. The first-order valence-electron chi connectivity index (χ1n) is 11.6. The van der Waals surface area contributed by atoms with Crippen LogP contribution in [0.3, 0.4) is 0 Å². The molecular formula is C25H16ClF5N6O5S2. The van der Waals surface area contributed by atoms with E-state index in [0.29, 0.717) is 22.4 Å². The van der Waals surface area contributed by atoms with E-state index in [4.69, 9.17) is 26.2 Å². The van der Waals surface area contributed by atoms with E-state index in [9.17, 15) is 30.4 Å². The third kappa shape index (κ3) is 7.82. The smallest absolute Gasteiger partial charge is 0.475 e. The maximum absolute atomic E-state index is 15.0. The molecule has 0 aliphatic carbocycles. The summed E-state index contributed by atoms with van der Waals surface area (Å²) in [6.07, 6.45) is 0.980. The van der Waals surface area contributed by atoms with Crippen molar-refractivity contribution < 1.29 is 45.0 Å². The number of rotatable bonds is 7. The van der Waals surface area contributed by atoms with E-state index in [1.54, 1.807) is 30.2 Å². The summed E-state index contributed by atoms with van der Waals surface area (Å²) in [5.41, 5.74) is 3.65. The number of ether oxygens (including phenoxy) is 1. The molecule has 0 atom stereocenters. The highest BCUT2D eigenvalue weighted by molar-refractivity contribution is 7.92. The third-order valence-electron chi connectivity index (χ3n) is 5.32. The van der Waals surface area contributed by atoms with Crippen molar-refractivity contribution in [3.05, 3.63) is 82.8 Å². The topological polar surface area (TPSA) is 149 Å². The first kappa shape index (κ1) is 32.2. The average molecular weight is 675 g/mol. The number of thiazole rings is 1. The fourth-order valence-corrected chi connectivity index (χ4v) is 5.27. The van der Waals surface area contributed by atoms with Gasteiger partial charge in [-0.15, -0.1) is 11.3 Å². The molecule has 0 saturated carbocycles. The lowest BCUT2D eigenvalue weighted by molar-refractivity contribution is -0.192. The minimum Gasteiger partial charge on any atom is -0.475 e. The molecule has 5 aromatic rings. The Morgan fingerprint density at radius 1 is 1.05 bits per heavy atom. The molecule has 0 fully saturated rings. The van der Waals surface area contributed by atoms with E-state index in [0.717, 1.165) is 12.1 Å². The molecule has 4 aromatic heterocycles. The number of hydrogen-bond acceptors (Lipinski definition) is 9. The Kier molecular flexibility index (Phi) is 9.45. The lowest BCUT2D eigenvalue weighted by Crippen LogP contribution is -2.21. The summed E-state index contributed by atoms with van der Waals surface area (Å²) in [7, 11) is -2.55. The Morgan fingerprint density at radius 3 is 2.34 bits per heavy atom. The van der Waals surface area contributed by atoms with Crippen molar-refractivity contribution in [1.82, 2.24) is 24.7 Å². The number of aromatic nitrogens is 5. The molecule has 0 unspecified atom stereocenters. The monoisotopic (exact) mass is 674 g/mol. The Bertz CT molecular complexity index is 1900. The molecule has 0 aliphatic rings. The highest BCUT2D eigenvalue weighted by Crippen LogP contribution is 2.39. The van der Waals surface area contributed by atoms with Crippen LogP contribution in [-0.2, 0) is 21.9 Å². The Hall–Kier alpha value is -4.68. The van der Waals surface area contributed by atoms with Crippen LogP contribution in [0.25, 0.3) is 22.4 Å². The molecule has 0 radical (unpaired) electrons. The molecule has 11 nitrogen and oxygen atoms in total. The van der Waals surface area contributed by atoms with Gasteiger partial charge in [0, 0.05) is 47.6 Å². The van der Waals surface area contributed by atoms with Crippen molar-refractivity contribution in [1.29, 1.82) is 0 Å². The summed E-state index contributed by atoms with van der Waals surface area (Å²) in [6.45, 7) is 0. The van der Waals surface area contributed by atoms with Gasteiger partial charge in [-0.1, -0.05) is 11.6 Å². The van der Waals surface area contributed by atoms with E-state index in [1.165, 1.54) is 46.8 Å². The maximum Gasteiger partial charge on any atom is 0.490 e. The molecule has 0 saturated heterocycles. The zero-order valence-corrected chi connectivity index (χ0v) is 24.1. The van der Waals surface area contributed by atoms with Gasteiger partial charge in [0.15, 0.2) is 11.6 Å². The quantitative estimate of drug-likeness (QED) is 0.153. The molecule has 4 heterocycles. The van der Waals surface area contributed by atoms with Gasteiger partial charge in [-0.3, -0.25) is 14.4 Å². The number of hydrogen-bond donors (Lipinski definition) is 2. The van der Waals surface area contributed by atoms with E-state index < -0.39 is 38.8 Å². The number of carboxylic acid groups (broad SMARTS) is 1. The van der Waals surface area contributed by atoms with Gasteiger partial charge in [0.1, 0.15) is 16.5 Å². The van der Waals surface area contributed by atoms with Gasteiger partial charge in [-0.25, -0.2) is 27.6 Å². The predicted molar refractivity (Wildman–Crippen MR) is 148 cm³/mol. The van der Waals surface area contributed by atoms with Crippen molar-refractivity contribution in [3.63, 3.8) is 0 Å². The number of benzene rings is 1. The number of aliphatic carboxylic acids is 1. The standard InChI is InChI=1S/C23H15ClF2N6O3S2.C2HF3O2/c1-32-10-14(8-30-32)15-4-18(13-2-3-22(26)28-7-13)27-9-20(15)35-19-6-17(25)21(5-16(19)24)37(33,34)31-23-11-36-12-29-23;3-2(4,5)1(6)7/h2-12,31H,1H3;(H,6,7). The molecule has 230 valence electrons. The van der Waals surface area contributed by atoms with Crippen molar-refractivity contribution in [3.8, 4) is 33.9 Å². The number of nitrogens with one attached hydrogen (secondary N) is 1. The number of carboxylic acids is 1. The Morgan fingerprint density at radius 2 is 1.77 bits per heavy atom. The summed E-state index contributed by atoms with van der Waals surface area (Å²) in [4.78, 5) is 20.1. The number of anilines is 1. The van der Waals surface area contributed by atoms with Gasteiger partial charge >= 0.3 is 12.1 Å². The molecule has 0 spiro atoms. The minimum atomic E-state index is -5.08. The fourth-order valence-electron chi connectivity index (χ4n) is 3.36. The Balaban J connectivity index is 0.000000566. The van der Waals surface area contributed by atoms with Gasteiger partial charge < -0.3 is 9.84 Å². The molecule has 0 amide bonds. The average Bonchev–Trinajstić information content (AvgIpc) is 3.62. The Labute approximate surface area is 253 Å². The number of alkyl halides is 3. The number of nitrogens with zero attached hydrogens (tertiary/aromatic N) is 5. The molecular weight excluding hydrogens is 659 g/mol. The number of aryl methyl sites for hydroxylation is 1. The zero-order valence-electron chi connectivity index (χ0n) is 21.8. The van der Waals surface area contributed by atoms with Crippen LogP contribution in [0.4, 0.5) is 27.8 Å². The summed E-state index contributed by atoms with van der Waals surface area (Å²) in [5.74, 6) is -4.33. The van der Waals surface area contributed by atoms with Crippen LogP contribution in [0.1, 0.15) is 0 Å². The molecule has 5 rings (SSSR count). The highest BCUT2D eigenvalue weighted by atomic mass is 35.5. The molecule has 0 aliphatic heterocycles. The molecule has 2 N–H and O–H groups in total. The minimum absolute atomic E-state index is 0.0597. The zero-order chi connectivity index (χ0) is 32.2. The second-order valence-electron chi connectivity index (χ2n) is 8.44. The van der Waals surface area contributed by atoms with Gasteiger partial charge in [0.2, 0.25) is 5.95 Å². The number of pyridine rings is 2. The maximum atomic E-state index is 15.0. The van der Waals surface area contributed by atoms with Crippen LogP contribution in [0.15, 0.2) is 70.9 Å². The number of sulfonamides is 1. The van der Waals surface area contributed by atoms with E-state index in [1.807, 2.05) is 0 Å². The third-order valence-corrected chi connectivity index (χ3v) is 7.57. The van der Waals surface area contributed by atoms with Crippen molar-refractivity contribution in [2.45, 2.75) is 11.1 Å². The summed E-state index contributed by atoms with van der Waals surface area (Å²) < 4.78 is 94.9. The van der Waals surface area contributed by atoms with Crippen LogP contribution in [0, 0.1) is 11.8 Å². The van der Waals surface area contributed by atoms with Gasteiger partial charge in [-0.05, 0) is 24.3 Å². The summed E-state index contributed by atoms with van der Waals surface area (Å²) in [5, 5.41) is 12.6. The molecule has 0 bridgehead atoms. The number of carbonyl (C=O) groups is 1. The first-order chi connectivity index (χ1) is 20.6. The van der Waals surface area contributed by atoms with Crippen LogP contribution in [0.2, 0.25) is 5.02 Å². The van der Waals surface area contributed by atoms with Crippen LogP contribution >= 0.6 is 22.9 Å². The normalized spacial score (nSPS) is 11.4. The first-order valence-corrected chi connectivity index (χ1v) is 14.4. The van der Waals surface area contributed by atoms with E-state index >= 15 is 0 Å². The van der Waals surface area contributed by atoms with Crippen LogP contribution in [-0.4, -0.2) is 50.4 Å². The lowest BCUT2D eigenvalue weighted by Gasteiger charge is -2.14. The molecule has 19 heteroatoms. The van der Waals surface area contributed by atoms with Gasteiger partial charge in [-0.2, -0.15) is 22.7 Å². The van der Waals surface area contributed by atoms with E-state index in [-0.39, 0.29) is 22.3 Å². The highest BCUT2D eigenvalue weighted by Gasteiger charge is 2.38. The lowest BCUT2D eigenvalue weighted by atomic mass is 10.1.